The highest BCUT2D eigenvalue weighted by molar-refractivity contribution is 5.84. The van der Waals surface area contributed by atoms with Gasteiger partial charge >= 0.3 is 11.9 Å². The number of nitrogens with two attached hydrogens (primary N) is 1. The van der Waals surface area contributed by atoms with Crippen LogP contribution in [0, 0.1) is 5.41 Å². The van der Waals surface area contributed by atoms with E-state index in [0.29, 0.717) is 0 Å². The summed E-state index contributed by atoms with van der Waals surface area (Å²) >= 11 is 0. The molecule has 0 aliphatic heterocycles. The summed E-state index contributed by atoms with van der Waals surface area (Å²) in [6, 6.07) is -2.14. The number of hydrogen-bond acceptors (Lipinski definition) is 4. The highest BCUT2D eigenvalue weighted by Crippen LogP contribution is 2.19. The second-order valence-electron chi connectivity index (χ2n) is 5.19. The van der Waals surface area contributed by atoms with Gasteiger partial charge in [-0.1, -0.05) is 20.8 Å². The molecule has 0 radical (unpaired) electrons. The topological polar surface area (TPSA) is 130 Å². The monoisotopic (exact) mass is 260 g/mol. The molecule has 2 unspecified atom stereocenters. The summed E-state index contributed by atoms with van der Waals surface area (Å²) < 4.78 is 0. The van der Waals surface area contributed by atoms with E-state index in [4.69, 9.17) is 15.9 Å². The highest BCUT2D eigenvalue weighted by atomic mass is 16.4. The van der Waals surface area contributed by atoms with Crippen LogP contribution in [0.5, 0.6) is 0 Å². The van der Waals surface area contributed by atoms with Crippen molar-refractivity contribution in [3.8, 4) is 0 Å². The van der Waals surface area contributed by atoms with E-state index in [1.165, 1.54) is 0 Å². The van der Waals surface area contributed by atoms with Crippen molar-refractivity contribution in [1.29, 1.82) is 0 Å². The zero-order chi connectivity index (χ0) is 14.5. The van der Waals surface area contributed by atoms with Crippen molar-refractivity contribution in [1.82, 2.24) is 5.32 Å². The Morgan fingerprint density at radius 1 is 1.17 bits per heavy atom. The number of aliphatic carboxylic acids is 2. The minimum atomic E-state index is -1.19. The Morgan fingerprint density at radius 3 is 2.00 bits per heavy atom. The SMILES string of the molecule is CC(C)(C)C(NC(=O)CCC(N)C(=O)O)C(=O)O. The standard InChI is InChI=1S/C11H20N2O5/c1-11(2,3)8(10(17)18)13-7(14)5-4-6(12)9(15)16/h6,8H,4-5,12H2,1-3H3,(H,13,14)(H,15,16)(H,17,18). The molecule has 0 heterocycles. The third-order valence-corrected chi connectivity index (χ3v) is 2.42. The van der Waals surface area contributed by atoms with Gasteiger partial charge in [0, 0.05) is 6.42 Å². The van der Waals surface area contributed by atoms with Gasteiger partial charge in [-0.25, -0.2) is 4.79 Å². The highest BCUT2D eigenvalue weighted by Gasteiger charge is 2.32. The lowest BCUT2D eigenvalue weighted by molar-refractivity contribution is -0.145. The van der Waals surface area contributed by atoms with Crippen LogP contribution in [0.4, 0.5) is 0 Å². The van der Waals surface area contributed by atoms with Crippen molar-refractivity contribution in [3.63, 3.8) is 0 Å². The maximum Gasteiger partial charge on any atom is 0.326 e. The van der Waals surface area contributed by atoms with Gasteiger partial charge in [0.25, 0.3) is 0 Å². The molecule has 1 amide bonds. The molecule has 0 aromatic heterocycles. The van der Waals surface area contributed by atoms with Gasteiger partial charge in [0.1, 0.15) is 12.1 Å². The normalized spacial score (nSPS) is 14.7. The first-order valence-electron chi connectivity index (χ1n) is 5.56. The Kier molecular flexibility index (Phi) is 5.77. The van der Waals surface area contributed by atoms with Crippen molar-refractivity contribution < 1.29 is 24.6 Å². The summed E-state index contributed by atoms with van der Waals surface area (Å²) in [6.45, 7) is 5.07. The van der Waals surface area contributed by atoms with Crippen LogP contribution in [0.3, 0.4) is 0 Å². The van der Waals surface area contributed by atoms with Gasteiger partial charge in [0.05, 0.1) is 0 Å². The van der Waals surface area contributed by atoms with Gasteiger partial charge in [-0.2, -0.15) is 0 Å². The number of carbonyl (C=O) groups excluding carboxylic acids is 1. The van der Waals surface area contributed by atoms with Crippen molar-refractivity contribution in [3.05, 3.63) is 0 Å². The molecule has 0 bridgehead atoms. The van der Waals surface area contributed by atoms with E-state index < -0.39 is 35.3 Å². The number of rotatable bonds is 6. The van der Waals surface area contributed by atoms with E-state index in [2.05, 4.69) is 5.32 Å². The number of nitrogens with one attached hydrogen (secondary N) is 1. The summed E-state index contributed by atoms with van der Waals surface area (Å²) in [4.78, 5) is 33.0. The van der Waals surface area contributed by atoms with Gasteiger partial charge < -0.3 is 21.3 Å². The van der Waals surface area contributed by atoms with Crippen molar-refractivity contribution in [2.75, 3.05) is 0 Å². The molecule has 5 N–H and O–H groups in total. The van der Waals surface area contributed by atoms with Crippen LogP contribution in [0.1, 0.15) is 33.6 Å². The van der Waals surface area contributed by atoms with Gasteiger partial charge in [-0.3, -0.25) is 9.59 Å². The smallest absolute Gasteiger partial charge is 0.326 e. The minimum absolute atomic E-state index is 0.0301. The maximum atomic E-state index is 11.5. The summed E-state index contributed by atoms with van der Waals surface area (Å²) in [6.07, 6.45) is -0.148. The first-order valence-corrected chi connectivity index (χ1v) is 5.56. The minimum Gasteiger partial charge on any atom is -0.480 e. The first kappa shape index (κ1) is 16.4. The predicted octanol–water partition coefficient (Wildman–Crippen LogP) is -0.206. The average molecular weight is 260 g/mol. The molecular weight excluding hydrogens is 240 g/mol. The summed E-state index contributed by atoms with van der Waals surface area (Å²) in [7, 11) is 0. The summed E-state index contributed by atoms with van der Waals surface area (Å²) in [5.74, 6) is -2.83. The van der Waals surface area contributed by atoms with Crippen molar-refractivity contribution in [2.24, 2.45) is 11.1 Å². The Balaban J connectivity index is 4.37. The number of carboxylic acids is 2. The molecule has 0 aliphatic carbocycles. The van der Waals surface area contributed by atoms with Crippen LogP contribution in [0.25, 0.3) is 0 Å². The Bertz CT molecular complexity index is 335. The van der Waals surface area contributed by atoms with Gasteiger partial charge in [0.15, 0.2) is 0 Å². The van der Waals surface area contributed by atoms with Crippen molar-refractivity contribution in [2.45, 2.75) is 45.7 Å². The second-order valence-corrected chi connectivity index (χ2v) is 5.19. The lowest BCUT2D eigenvalue weighted by Gasteiger charge is -2.27. The number of carboxylic acid groups (broad SMARTS) is 2. The Labute approximate surface area is 105 Å². The van der Waals surface area contributed by atoms with Crippen LogP contribution >= 0.6 is 0 Å². The maximum absolute atomic E-state index is 11.5. The van der Waals surface area contributed by atoms with Gasteiger partial charge in [0.2, 0.25) is 5.91 Å². The molecule has 0 rings (SSSR count). The zero-order valence-corrected chi connectivity index (χ0v) is 10.8. The molecule has 0 aromatic carbocycles. The van der Waals surface area contributed by atoms with E-state index in [9.17, 15) is 14.4 Å². The molecule has 0 spiro atoms. The molecule has 104 valence electrons. The van der Waals surface area contributed by atoms with Gasteiger partial charge in [-0.05, 0) is 11.8 Å². The predicted molar refractivity (Wildman–Crippen MR) is 63.9 cm³/mol. The largest absolute Gasteiger partial charge is 0.480 e. The summed E-state index contributed by atoms with van der Waals surface area (Å²) in [5, 5.41) is 19.9. The molecular formula is C11H20N2O5. The first-order chi connectivity index (χ1) is 8.05. The van der Waals surface area contributed by atoms with Crippen LogP contribution in [0.15, 0.2) is 0 Å². The molecule has 0 aliphatic rings. The average Bonchev–Trinajstić information content (AvgIpc) is 2.20. The van der Waals surface area contributed by atoms with Crippen LogP contribution < -0.4 is 11.1 Å². The van der Waals surface area contributed by atoms with E-state index >= 15 is 0 Å². The lowest BCUT2D eigenvalue weighted by Crippen LogP contribution is -2.49. The van der Waals surface area contributed by atoms with Crippen LogP contribution in [-0.4, -0.2) is 40.1 Å². The molecule has 2 atom stereocenters. The molecule has 7 nitrogen and oxygen atoms in total. The van der Waals surface area contributed by atoms with Crippen molar-refractivity contribution >= 4 is 17.8 Å². The fourth-order valence-electron chi connectivity index (χ4n) is 1.29. The Morgan fingerprint density at radius 2 is 1.67 bits per heavy atom. The third-order valence-electron chi connectivity index (χ3n) is 2.42. The fourth-order valence-corrected chi connectivity index (χ4v) is 1.29. The number of hydrogen-bond donors (Lipinski definition) is 4. The molecule has 0 saturated carbocycles. The zero-order valence-electron chi connectivity index (χ0n) is 10.8. The van der Waals surface area contributed by atoms with E-state index in [0.717, 1.165) is 0 Å². The molecule has 0 aromatic rings. The summed E-state index contributed by atoms with van der Waals surface area (Å²) in [5.41, 5.74) is 4.62. The van der Waals surface area contributed by atoms with E-state index in [1.807, 2.05) is 0 Å². The molecule has 0 fully saturated rings. The second kappa shape index (κ2) is 6.34. The van der Waals surface area contributed by atoms with E-state index in [-0.39, 0.29) is 12.8 Å². The Hall–Kier alpha value is -1.63. The van der Waals surface area contributed by atoms with E-state index in [1.54, 1.807) is 20.8 Å². The quantitative estimate of drug-likeness (QED) is 0.523. The lowest BCUT2D eigenvalue weighted by atomic mass is 9.86. The molecule has 0 saturated heterocycles. The molecule has 18 heavy (non-hydrogen) atoms. The number of carbonyl (C=O) groups is 3. The number of amides is 1. The fraction of sp³-hybridized carbons (Fsp3) is 0.727. The van der Waals surface area contributed by atoms with Crippen LogP contribution in [0.2, 0.25) is 0 Å². The van der Waals surface area contributed by atoms with Gasteiger partial charge in [-0.15, -0.1) is 0 Å². The third kappa shape index (κ3) is 5.62. The molecule has 7 heteroatoms. The van der Waals surface area contributed by atoms with Crippen LogP contribution in [-0.2, 0) is 14.4 Å².